The molecule has 0 saturated carbocycles. The number of fused-ring (bicyclic) bond motifs is 2. The predicted molar refractivity (Wildman–Crippen MR) is 112 cm³/mol. The van der Waals surface area contributed by atoms with Crippen LogP contribution in [0.1, 0.15) is 44.7 Å². The number of para-hydroxylation sites is 1. The lowest BCUT2D eigenvalue weighted by Gasteiger charge is -2.41. The number of carbonyl (C=O) groups is 1. The lowest BCUT2D eigenvalue weighted by Crippen LogP contribution is -2.45. The Morgan fingerprint density at radius 2 is 2.00 bits per heavy atom. The van der Waals surface area contributed by atoms with Crippen molar-refractivity contribution in [3.8, 4) is 5.75 Å². The van der Waals surface area contributed by atoms with Crippen molar-refractivity contribution in [1.29, 1.82) is 0 Å². The number of aromatic nitrogens is 1. The van der Waals surface area contributed by atoms with E-state index >= 15 is 0 Å². The molecule has 2 N–H and O–H groups in total. The third kappa shape index (κ3) is 3.62. The molecule has 6 heteroatoms. The summed E-state index contributed by atoms with van der Waals surface area (Å²) in [5, 5.41) is 7.81. The van der Waals surface area contributed by atoms with Gasteiger partial charge in [-0.05, 0) is 31.0 Å². The lowest BCUT2D eigenvalue weighted by molar-refractivity contribution is 0.0205. The van der Waals surface area contributed by atoms with Crippen LogP contribution < -0.4 is 15.4 Å². The molecule has 1 atom stereocenters. The van der Waals surface area contributed by atoms with E-state index < -0.39 is 11.4 Å². The highest BCUT2D eigenvalue weighted by Crippen LogP contribution is 2.44. The van der Waals surface area contributed by atoms with Crippen LogP contribution in [0.5, 0.6) is 5.75 Å². The fourth-order valence-corrected chi connectivity index (χ4v) is 4.01. The molecule has 5 nitrogen and oxygen atoms in total. The van der Waals surface area contributed by atoms with E-state index in [1.807, 2.05) is 44.2 Å². The van der Waals surface area contributed by atoms with E-state index in [0.29, 0.717) is 17.7 Å². The summed E-state index contributed by atoms with van der Waals surface area (Å²) >= 11 is 0. The Morgan fingerprint density at radius 3 is 2.79 bits per heavy atom. The van der Waals surface area contributed by atoms with Gasteiger partial charge in [-0.3, -0.25) is 4.98 Å². The normalized spacial score (nSPS) is 17.3. The number of hydrogen-bond acceptors (Lipinski definition) is 3. The van der Waals surface area contributed by atoms with E-state index in [-0.39, 0.29) is 17.8 Å². The Kier molecular flexibility index (Phi) is 5.09. The maximum absolute atomic E-state index is 14.5. The number of pyridine rings is 1. The summed E-state index contributed by atoms with van der Waals surface area (Å²) in [5.74, 6) is -0.161. The molecule has 0 radical (unpaired) electrons. The van der Waals surface area contributed by atoms with Crippen molar-refractivity contribution in [1.82, 2.24) is 10.3 Å². The fraction of sp³-hybridized carbons (Fsp3) is 0.304. The average molecular weight is 393 g/mol. The zero-order valence-electron chi connectivity index (χ0n) is 16.5. The van der Waals surface area contributed by atoms with Crippen LogP contribution in [0.25, 0.3) is 10.8 Å². The van der Waals surface area contributed by atoms with Gasteiger partial charge in [-0.15, -0.1) is 0 Å². The maximum atomic E-state index is 14.5. The number of nitrogens with one attached hydrogen (secondary N) is 2. The summed E-state index contributed by atoms with van der Waals surface area (Å²) in [7, 11) is 0. The van der Waals surface area contributed by atoms with Gasteiger partial charge in [0, 0.05) is 35.2 Å². The quantitative estimate of drug-likeness (QED) is 0.608. The zero-order valence-corrected chi connectivity index (χ0v) is 16.5. The molecule has 2 heterocycles. The third-order valence-corrected chi connectivity index (χ3v) is 5.79. The molecule has 29 heavy (non-hydrogen) atoms. The smallest absolute Gasteiger partial charge is 0.319 e. The number of ether oxygens (including phenoxy) is 1. The summed E-state index contributed by atoms with van der Waals surface area (Å²) < 4.78 is 20.5. The molecule has 0 spiro atoms. The first-order chi connectivity index (χ1) is 14.0. The Labute approximate surface area is 169 Å². The van der Waals surface area contributed by atoms with Crippen molar-refractivity contribution in [2.45, 2.75) is 44.8 Å². The standard InChI is InChI=1S/C23H24FN3O2/c1-3-23(4-2)13-20(17-8-6-9-18(24)21(17)29-23)27-22(28)26-19-10-5-7-15-14-25-12-11-16(15)19/h5-12,14,20H,3-4,13H2,1-2H3,(H2,26,27,28)/t20-/m1/s1. The number of benzene rings is 2. The first-order valence-corrected chi connectivity index (χ1v) is 9.93. The van der Waals surface area contributed by atoms with Gasteiger partial charge in [-0.2, -0.15) is 0 Å². The Hall–Kier alpha value is -3.15. The van der Waals surface area contributed by atoms with Crippen LogP contribution in [0, 0.1) is 5.82 Å². The Morgan fingerprint density at radius 1 is 1.21 bits per heavy atom. The van der Waals surface area contributed by atoms with Gasteiger partial charge >= 0.3 is 6.03 Å². The minimum absolute atomic E-state index is 0.240. The van der Waals surface area contributed by atoms with Gasteiger partial charge in [0.05, 0.1) is 11.7 Å². The van der Waals surface area contributed by atoms with Crippen molar-refractivity contribution < 1.29 is 13.9 Å². The molecule has 150 valence electrons. The number of urea groups is 1. The van der Waals surface area contributed by atoms with E-state index in [1.54, 1.807) is 18.5 Å². The average Bonchev–Trinajstić information content (AvgIpc) is 2.74. The molecular formula is C23H24FN3O2. The molecule has 1 aliphatic heterocycles. The van der Waals surface area contributed by atoms with Gasteiger partial charge in [-0.25, -0.2) is 9.18 Å². The topological polar surface area (TPSA) is 63.2 Å². The summed E-state index contributed by atoms with van der Waals surface area (Å²) in [6.07, 6.45) is 5.50. The van der Waals surface area contributed by atoms with Crippen LogP contribution >= 0.6 is 0 Å². The predicted octanol–water partition coefficient (Wildman–Crippen LogP) is 5.58. The summed E-state index contributed by atoms with van der Waals surface area (Å²) in [5.41, 5.74) is 0.865. The maximum Gasteiger partial charge on any atom is 0.319 e. The second-order valence-electron chi connectivity index (χ2n) is 7.41. The molecule has 0 bridgehead atoms. The van der Waals surface area contributed by atoms with Crippen molar-refractivity contribution in [2.75, 3.05) is 5.32 Å². The fourth-order valence-electron chi connectivity index (χ4n) is 4.01. The van der Waals surface area contributed by atoms with Crippen LogP contribution in [-0.2, 0) is 0 Å². The second-order valence-corrected chi connectivity index (χ2v) is 7.41. The highest BCUT2D eigenvalue weighted by atomic mass is 19.1. The van der Waals surface area contributed by atoms with Gasteiger partial charge in [0.25, 0.3) is 0 Å². The second kappa shape index (κ2) is 7.70. The lowest BCUT2D eigenvalue weighted by atomic mass is 9.83. The number of halogens is 1. The van der Waals surface area contributed by atoms with Gasteiger partial charge in [0.2, 0.25) is 0 Å². The monoisotopic (exact) mass is 393 g/mol. The van der Waals surface area contributed by atoms with Crippen molar-refractivity contribution in [3.05, 3.63) is 66.2 Å². The Bertz CT molecular complexity index is 1040. The van der Waals surface area contributed by atoms with Crippen molar-refractivity contribution in [2.24, 2.45) is 0 Å². The molecule has 1 aromatic heterocycles. The van der Waals surface area contributed by atoms with Gasteiger partial charge < -0.3 is 15.4 Å². The molecule has 2 amide bonds. The molecule has 0 fully saturated rings. The van der Waals surface area contributed by atoms with E-state index in [1.165, 1.54) is 6.07 Å². The number of amides is 2. The molecule has 2 aromatic carbocycles. The minimum atomic E-state index is -0.502. The molecule has 0 saturated heterocycles. The van der Waals surface area contributed by atoms with Crippen molar-refractivity contribution in [3.63, 3.8) is 0 Å². The first kappa shape index (κ1) is 19.2. The highest BCUT2D eigenvalue weighted by molar-refractivity contribution is 6.01. The van der Waals surface area contributed by atoms with E-state index in [4.69, 9.17) is 4.74 Å². The molecule has 0 unspecified atom stereocenters. The number of carbonyl (C=O) groups excluding carboxylic acids is 1. The largest absolute Gasteiger partial charge is 0.484 e. The van der Waals surface area contributed by atoms with Gasteiger partial charge in [0.1, 0.15) is 5.60 Å². The molecule has 0 aliphatic carbocycles. The SMILES string of the molecule is CCC1(CC)C[C@@H](NC(=O)Nc2cccc3cnccc23)c2cccc(F)c2O1. The first-order valence-electron chi connectivity index (χ1n) is 9.93. The molecule has 1 aliphatic rings. The Balaban J connectivity index is 1.61. The number of nitrogens with zero attached hydrogens (tertiary/aromatic N) is 1. The van der Waals surface area contributed by atoms with Crippen molar-refractivity contribution >= 4 is 22.5 Å². The van der Waals surface area contributed by atoms with E-state index in [0.717, 1.165) is 23.6 Å². The van der Waals surface area contributed by atoms with Gasteiger partial charge in [-0.1, -0.05) is 38.1 Å². The molecule has 3 aromatic rings. The minimum Gasteiger partial charge on any atom is -0.484 e. The van der Waals surface area contributed by atoms with Gasteiger partial charge in [0.15, 0.2) is 11.6 Å². The van der Waals surface area contributed by atoms with E-state index in [2.05, 4.69) is 15.6 Å². The van der Waals surface area contributed by atoms with Crippen LogP contribution in [0.3, 0.4) is 0 Å². The van der Waals surface area contributed by atoms with E-state index in [9.17, 15) is 9.18 Å². The van der Waals surface area contributed by atoms with Crippen LogP contribution in [0.2, 0.25) is 0 Å². The zero-order chi connectivity index (χ0) is 20.4. The van der Waals surface area contributed by atoms with Crippen LogP contribution in [0.4, 0.5) is 14.9 Å². The summed E-state index contributed by atoms with van der Waals surface area (Å²) in [6.45, 7) is 4.05. The third-order valence-electron chi connectivity index (χ3n) is 5.79. The van der Waals surface area contributed by atoms with Crippen LogP contribution in [-0.4, -0.2) is 16.6 Å². The van der Waals surface area contributed by atoms with Crippen LogP contribution in [0.15, 0.2) is 54.9 Å². The molecular weight excluding hydrogens is 369 g/mol. The number of anilines is 1. The number of rotatable bonds is 4. The molecule has 4 rings (SSSR count). The highest BCUT2D eigenvalue weighted by Gasteiger charge is 2.40. The summed E-state index contributed by atoms with van der Waals surface area (Å²) in [6, 6.07) is 11.7. The number of hydrogen-bond donors (Lipinski definition) is 2. The summed E-state index contributed by atoms with van der Waals surface area (Å²) in [4.78, 5) is 17.0.